The average molecular weight is 217 g/mol. The molecule has 55 valence electrons. The zero-order valence-corrected chi connectivity index (χ0v) is 8.88. The van der Waals surface area contributed by atoms with Gasteiger partial charge in [-0.3, -0.25) is 0 Å². The number of rotatable bonds is 2. The summed E-state index contributed by atoms with van der Waals surface area (Å²) in [6.07, 6.45) is 1.04. The van der Waals surface area contributed by atoms with Gasteiger partial charge in [-0.2, -0.15) is 0 Å². The van der Waals surface area contributed by atoms with Crippen LogP contribution in [0.4, 0.5) is 0 Å². The molecule has 0 N–H and O–H groups in total. The first kappa shape index (κ1) is 10.5. The third-order valence-corrected chi connectivity index (χ3v) is 1.56. The van der Waals surface area contributed by atoms with E-state index in [1.807, 2.05) is 7.05 Å². The first-order chi connectivity index (χ1) is 4.33. The Morgan fingerprint density at radius 1 is 1.70 bits per heavy atom. The largest absolute Gasteiger partial charge is 0.650 e. The van der Waals surface area contributed by atoms with E-state index in [0.717, 1.165) is 19.5 Å². The van der Waals surface area contributed by atoms with E-state index in [1.165, 1.54) is 6.47 Å². The van der Waals surface area contributed by atoms with Gasteiger partial charge in [0, 0.05) is 45.8 Å². The number of ether oxygens (including phenoxy) is 1. The molecule has 1 heterocycles. The fourth-order valence-electron chi connectivity index (χ4n) is 1.06. The van der Waals surface area contributed by atoms with Crippen molar-refractivity contribution in [3.8, 4) is 0 Å². The molecular formula is C6H10NO2Y-. The van der Waals surface area contributed by atoms with Gasteiger partial charge in [0.1, 0.15) is 0 Å². The number of hydrogen-bond acceptors (Lipinski definition) is 3. The molecule has 4 heteroatoms. The summed E-state index contributed by atoms with van der Waals surface area (Å²) in [5, 5.41) is 0. The van der Waals surface area contributed by atoms with Crippen LogP contribution in [0.2, 0.25) is 0 Å². The quantitative estimate of drug-likeness (QED) is 0.598. The molecule has 0 amide bonds. The maximum atomic E-state index is 9.70. The summed E-state index contributed by atoms with van der Waals surface area (Å²) in [4.78, 5) is 11.8. The van der Waals surface area contributed by atoms with Crippen molar-refractivity contribution in [2.75, 3.05) is 20.1 Å². The third-order valence-electron chi connectivity index (χ3n) is 1.56. The van der Waals surface area contributed by atoms with Gasteiger partial charge >= 0.3 is 0 Å². The van der Waals surface area contributed by atoms with Crippen molar-refractivity contribution in [2.45, 2.75) is 12.5 Å². The number of nitrogens with zero attached hydrogens (tertiary/aromatic N) is 1. The van der Waals surface area contributed by atoms with Gasteiger partial charge < -0.3 is 14.4 Å². The van der Waals surface area contributed by atoms with Crippen molar-refractivity contribution < 1.29 is 42.2 Å². The van der Waals surface area contributed by atoms with Crippen molar-refractivity contribution in [3.63, 3.8) is 0 Å². The van der Waals surface area contributed by atoms with Gasteiger partial charge in [0.2, 0.25) is 0 Å². The van der Waals surface area contributed by atoms with E-state index in [1.54, 1.807) is 0 Å². The maximum absolute atomic E-state index is 9.70. The molecular weight excluding hydrogens is 207 g/mol. The van der Waals surface area contributed by atoms with E-state index in [2.05, 4.69) is 9.64 Å². The molecule has 1 rings (SSSR count). The molecule has 0 aromatic heterocycles. The molecule has 3 nitrogen and oxygen atoms in total. The van der Waals surface area contributed by atoms with Crippen LogP contribution in [0.25, 0.3) is 0 Å². The molecule has 1 aliphatic heterocycles. The zero-order chi connectivity index (χ0) is 6.69. The summed E-state index contributed by atoms with van der Waals surface area (Å²) in [5.41, 5.74) is 0. The van der Waals surface area contributed by atoms with Crippen LogP contribution in [0.5, 0.6) is 0 Å². The zero-order valence-electron chi connectivity index (χ0n) is 6.04. The molecule has 1 radical (unpaired) electrons. The summed E-state index contributed by atoms with van der Waals surface area (Å²) in [7, 11) is 2.01. The predicted octanol–water partition coefficient (Wildman–Crippen LogP) is -0.228. The van der Waals surface area contributed by atoms with Crippen LogP contribution in [-0.4, -0.2) is 37.6 Å². The standard InChI is InChI=1S/C6H10NO2.Y/c1-7-3-2-6(4-7)9-5-8;/h6H,2-4H2,1H3;/q-1;/t6-;/m1./s1. The molecule has 1 atom stereocenters. The second-order valence-electron chi connectivity index (χ2n) is 2.37. The Morgan fingerprint density at radius 2 is 2.40 bits per heavy atom. The Kier molecular flexibility index (Phi) is 5.50. The van der Waals surface area contributed by atoms with E-state index in [4.69, 9.17) is 0 Å². The van der Waals surface area contributed by atoms with Crippen LogP contribution >= 0.6 is 0 Å². The van der Waals surface area contributed by atoms with E-state index < -0.39 is 0 Å². The van der Waals surface area contributed by atoms with Crippen molar-refractivity contribution >= 4 is 6.47 Å². The molecule has 1 saturated heterocycles. The first-order valence-corrected chi connectivity index (χ1v) is 3.04. The Labute approximate surface area is 86.0 Å². The van der Waals surface area contributed by atoms with Gasteiger partial charge in [-0.25, -0.2) is 0 Å². The minimum Gasteiger partial charge on any atom is -0.650 e. The number of likely N-dealkylation sites (tertiary alicyclic amines) is 1. The van der Waals surface area contributed by atoms with Gasteiger partial charge in [-0.1, -0.05) is 6.47 Å². The van der Waals surface area contributed by atoms with Crippen molar-refractivity contribution in [1.29, 1.82) is 0 Å². The summed E-state index contributed by atoms with van der Waals surface area (Å²) in [6, 6.07) is 0. The van der Waals surface area contributed by atoms with Crippen LogP contribution < -0.4 is 0 Å². The summed E-state index contributed by atoms with van der Waals surface area (Å²) < 4.78 is 4.63. The van der Waals surface area contributed by atoms with Gasteiger partial charge in [0.15, 0.2) is 0 Å². The van der Waals surface area contributed by atoms with E-state index in [0.29, 0.717) is 0 Å². The maximum Gasteiger partial charge on any atom is 0.0739 e. The number of likely N-dealkylation sites (N-methyl/N-ethyl adjacent to an activating group) is 1. The topological polar surface area (TPSA) is 29.5 Å². The Balaban J connectivity index is 0.000000810. The van der Waals surface area contributed by atoms with Crippen molar-refractivity contribution in [3.05, 3.63) is 0 Å². The van der Waals surface area contributed by atoms with Gasteiger partial charge in [0.25, 0.3) is 0 Å². The van der Waals surface area contributed by atoms with Gasteiger partial charge in [-0.05, 0) is 13.5 Å². The molecule has 0 aliphatic carbocycles. The van der Waals surface area contributed by atoms with Crippen LogP contribution in [0.15, 0.2) is 0 Å². The van der Waals surface area contributed by atoms with Crippen LogP contribution in [0.1, 0.15) is 6.42 Å². The molecule has 0 aromatic carbocycles. The first-order valence-electron chi connectivity index (χ1n) is 3.04. The molecule has 1 fully saturated rings. The average Bonchev–Trinajstić information content (AvgIpc) is 2.17. The molecule has 0 spiro atoms. The third kappa shape index (κ3) is 3.08. The summed E-state index contributed by atoms with van der Waals surface area (Å²) in [5.74, 6) is 0. The second-order valence-corrected chi connectivity index (χ2v) is 2.37. The molecule has 0 saturated carbocycles. The normalized spacial score (nSPS) is 25.5. The summed E-state index contributed by atoms with van der Waals surface area (Å²) >= 11 is 0. The van der Waals surface area contributed by atoms with Gasteiger partial charge in [-0.15, -0.1) is 0 Å². The van der Waals surface area contributed by atoms with Crippen LogP contribution in [0, 0.1) is 0 Å². The fraction of sp³-hybridized carbons (Fsp3) is 0.833. The molecule has 0 aromatic rings. The number of carbonyl (C=O) groups excluding carboxylic acids is 1. The second kappa shape index (κ2) is 5.22. The molecule has 1 aliphatic rings. The molecule has 0 unspecified atom stereocenters. The SMILES string of the molecule is CN1CC[C@@H](O[C-]=O)C1.[Y]. The summed E-state index contributed by atoms with van der Waals surface area (Å²) in [6.45, 7) is 3.33. The minimum absolute atomic E-state index is 0. The number of hydrogen-bond donors (Lipinski definition) is 0. The van der Waals surface area contributed by atoms with E-state index in [-0.39, 0.29) is 38.8 Å². The van der Waals surface area contributed by atoms with Crippen LogP contribution in [0.3, 0.4) is 0 Å². The molecule has 0 bridgehead atoms. The van der Waals surface area contributed by atoms with Crippen molar-refractivity contribution in [1.82, 2.24) is 4.90 Å². The Hall–Kier alpha value is 0.534. The van der Waals surface area contributed by atoms with E-state index >= 15 is 0 Å². The van der Waals surface area contributed by atoms with E-state index in [9.17, 15) is 4.79 Å². The Bertz CT molecular complexity index is 110. The monoisotopic (exact) mass is 217 g/mol. The predicted molar refractivity (Wildman–Crippen MR) is 32.7 cm³/mol. The smallest absolute Gasteiger partial charge is 0.0739 e. The van der Waals surface area contributed by atoms with Crippen molar-refractivity contribution in [2.24, 2.45) is 0 Å². The minimum atomic E-state index is 0. The molecule has 10 heavy (non-hydrogen) atoms. The van der Waals surface area contributed by atoms with Crippen LogP contribution in [-0.2, 0) is 42.2 Å². The fourth-order valence-corrected chi connectivity index (χ4v) is 1.06. The Morgan fingerprint density at radius 3 is 2.80 bits per heavy atom. The van der Waals surface area contributed by atoms with Gasteiger partial charge in [0.05, 0.1) is 6.10 Å².